The average Bonchev–Trinajstić information content (AvgIpc) is 3.48. The molecule has 0 spiro atoms. The van der Waals surface area contributed by atoms with E-state index < -0.39 is 8.32 Å². The van der Waals surface area contributed by atoms with Gasteiger partial charge >= 0.3 is 0 Å². The summed E-state index contributed by atoms with van der Waals surface area (Å²) in [5, 5.41) is 0. The average molecular weight is 467 g/mol. The van der Waals surface area contributed by atoms with Gasteiger partial charge in [0.25, 0.3) is 14.3 Å². The summed E-state index contributed by atoms with van der Waals surface area (Å²) < 4.78 is 6.95. The van der Waals surface area contributed by atoms with E-state index in [1.807, 2.05) is 0 Å². The number of hydrogen-bond donors (Lipinski definition) is 0. The highest BCUT2D eigenvalue weighted by Crippen LogP contribution is 2.55. The SMILES string of the molecule is CCC1(C(=O)O[Si](Cc2ccccc2)(Cc2ccccc2)Cc2ccccc2)CC2C=CC1C2. The molecule has 2 aliphatic carbocycles. The molecule has 2 nitrogen and oxygen atoms in total. The van der Waals surface area contributed by atoms with E-state index in [4.69, 9.17) is 4.43 Å². The minimum absolute atomic E-state index is 0.0568. The van der Waals surface area contributed by atoms with Crippen LogP contribution in [0.15, 0.2) is 103 Å². The van der Waals surface area contributed by atoms with Crippen LogP contribution in [-0.2, 0) is 27.4 Å². The Bertz CT molecular complexity index is 1020. The number of hydrogen-bond acceptors (Lipinski definition) is 2. The third-order valence-electron chi connectivity index (χ3n) is 7.96. The van der Waals surface area contributed by atoms with Crippen LogP contribution >= 0.6 is 0 Å². The number of carbonyl (C=O) groups excluding carboxylic acids is 1. The molecule has 3 aromatic carbocycles. The number of carbonyl (C=O) groups is 1. The maximum atomic E-state index is 14.2. The molecule has 34 heavy (non-hydrogen) atoms. The Morgan fingerprint density at radius 1 is 0.794 bits per heavy atom. The molecular formula is C31H34O2Si. The quantitative estimate of drug-likeness (QED) is 0.256. The van der Waals surface area contributed by atoms with Gasteiger partial charge in [0.05, 0.1) is 5.41 Å². The van der Waals surface area contributed by atoms with Gasteiger partial charge in [0.15, 0.2) is 0 Å². The van der Waals surface area contributed by atoms with E-state index in [0.29, 0.717) is 11.8 Å². The minimum atomic E-state index is -2.61. The molecular weight excluding hydrogens is 432 g/mol. The molecule has 1 fully saturated rings. The van der Waals surface area contributed by atoms with Crippen molar-refractivity contribution in [3.63, 3.8) is 0 Å². The first-order valence-corrected chi connectivity index (χ1v) is 15.2. The van der Waals surface area contributed by atoms with E-state index in [-0.39, 0.29) is 11.4 Å². The second kappa shape index (κ2) is 9.75. The van der Waals surface area contributed by atoms with Gasteiger partial charge in [-0.1, -0.05) is 110 Å². The highest BCUT2D eigenvalue weighted by Gasteiger charge is 2.55. The number of benzene rings is 3. The van der Waals surface area contributed by atoms with E-state index in [0.717, 1.165) is 37.4 Å². The zero-order valence-electron chi connectivity index (χ0n) is 20.0. The van der Waals surface area contributed by atoms with Crippen LogP contribution in [0.2, 0.25) is 0 Å². The van der Waals surface area contributed by atoms with Crippen LogP contribution < -0.4 is 0 Å². The smallest absolute Gasteiger partial charge is 0.299 e. The Morgan fingerprint density at radius 3 is 1.62 bits per heavy atom. The molecule has 0 aromatic heterocycles. The van der Waals surface area contributed by atoms with Gasteiger partial charge in [-0.25, -0.2) is 0 Å². The lowest BCUT2D eigenvalue weighted by Crippen LogP contribution is -2.52. The van der Waals surface area contributed by atoms with Gasteiger partial charge in [0, 0.05) is 18.1 Å². The standard InChI is InChI=1S/C31H34O2Si/c1-2-31(21-28-18-19-29(31)20-28)30(32)33-34(22-25-12-6-3-7-13-25,23-26-14-8-4-9-15-26)24-27-16-10-5-11-17-27/h3-19,28-29H,2,20-24H2,1H3. The van der Waals surface area contributed by atoms with Crippen molar-refractivity contribution >= 4 is 14.3 Å². The van der Waals surface area contributed by atoms with Crippen LogP contribution in [0.25, 0.3) is 0 Å². The fourth-order valence-electron chi connectivity index (χ4n) is 6.24. The lowest BCUT2D eigenvalue weighted by atomic mass is 9.74. The van der Waals surface area contributed by atoms with E-state index in [9.17, 15) is 4.79 Å². The van der Waals surface area contributed by atoms with Crippen molar-refractivity contribution < 1.29 is 9.22 Å². The Kier molecular flexibility index (Phi) is 6.56. The van der Waals surface area contributed by atoms with E-state index in [2.05, 4.69) is 110 Å². The first-order valence-electron chi connectivity index (χ1n) is 12.6. The largest absolute Gasteiger partial charge is 0.518 e. The molecule has 0 amide bonds. The van der Waals surface area contributed by atoms with Gasteiger partial charge in [-0.05, 0) is 47.8 Å². The fourth-order valence-corrected chi connectivity index (χ4v) is 10.4. The summed E-state index contributed by atoms with van der Waals surface area (Å²) in [5.74, 6) is 0.916. The number of fused-ring (bicyclic) bond motifs is 2. The van der Waals surface area contributed by atoms with Gasteiger partial charge in [0.1, 0.15) is 0 Å². The van der Waals surface area contributed by atoms with E-state index in [1.54, 1.807) is 0 Å². The Morgan fingerprint density at radius 2 is 1.26 bits per heavy atom. The summed E-state index contributed by atoms with van der Waals surface area (Å²) in [6.45, 7) is 2.17. The van der Waals surface area contributed by atoms with Crippen LogP contribution in [0, 0.1) is 17.3 Å². The highest BCUT2D eigenvalue weighted by atomic mass is 28.4. The van der Waals surface area contributed by atoms with Crippen molar-refractivity contribution in [1.82, 2.24) is 0 Å². The van der Waals surface area contributed by atoms with Crippen LogP contribution in [0.1, 0.15) is 42.9 Å². The van der Waals surface area contributed by atoms with Crippen molar-refractivity contribution in [2.45, 2.75) is 44.3 Å². The summed E-state index contributed by atoms with van der Waals surface area (Å²) in [5.41, 5.74) is 3.41. The number of rotatable bonds is 9. The molecule has 174 valence electrons. The molecule has 3 unspecified atom stereocenters. The second-order valence-corrected chi connectivity index (χ2v) is 13.9. The summed E-state index contributed by atoms with van der Waals surface area (Å²) in [6, 6.07) is 34.3. The van der Waals surface area contributed by atoms with Crippen LogP contribution in [0.5, 0.6) is 0 Å². The molecule has 0 heterocycles. The van der Waals surface area contributed by atoms with Crippen molar-refractivity contribution in [2.24, 2.45) is 17.3 Å². The number of allylic oxidation sites excluding steroid dienone is 2. The monoisotopic (exact) mass is 466 g/mol. The van der Waals surface area contributed by atoms with Gasteiger partial charge in [0.2, 0.25) is 0 Å². The van der Waals surface area contributed by atoms with Crippen molar-refractivity contribution in [3.8, 4) is 0 Å². The fraction of sp³-hybridized carbons (Fsp3) is 0.323. The zero-order chi connectivity index (χ0) is 23.4. The Hall–Kier alpha value is -2.91. The normalized spacial score (nSPS) is 23.2. The van der Waals surface area contributed by atoms with Gasteiger partial charge in [-0.2, -0.15) is 0 Å². The first-order chi connectivity index (χ1) is 16.6. The highest BCUT2D eigenvalue weighted by molar-refractivity contribution is 6.73. The predicted octanol–water partition coefficient (Wildman–Crippen LogP) is 6.81. The van der Waals surface area contributed by atoms with E-state index in [1.165, 1.54) is 16.7 Å². The van der Waals surface area contributed by atoms with Crippen LogP contribution in [0.4, 0.5) is 0 Å². The Labute approximate surface area is 204 Å². The van der Waals surface area contributed by atoms with Crippen molar-refractivity contribution in [3.05, 3.63) is 120 Å². The summed E-state index contributed by atoms with van der Waals surface area (Å²) >= 11 is 0. The maximum Gasteiger partial charge on any atom is 0.299 e. The Balaban J connectivity index is 1.54. The molecule has 0 aliphatic heterocycles. The molecule has 2 aliphatic rings. The minimum Gasteiger partial charge on any atom is -0.518 e. The molecule has 3 heteroatoms. The molecule has 2 bridgehead atoms. The van der Waals surface area contributed by atoms with Crippen molar-refractivity contribution in [1.29, 1.82) is 0 Å². The molecule has 0 saturated heterocycles. The lowest BCUT2D eigenvalue weighted by Gasteiger charge is -2.39. The van der Waals surface area contributed by atoms with Crippen LogP contribution in [0.3, 0.4) is 0 Å². The summed E-state index contributed by atoms with van der Waals surface area (Å²) in [7, 11) is -2.61. The zero-order valence-corrected chi connectivity index (χ0v) is 21.0. The third-order valence-corrected chi connectivity index (χ3v) is 11.7. The second-order valence-electron chi connectivity index (χ2n) is 10.3. The first kappa shape index (κ1) is 22.9. The van der Waals surface area contributed by atoms with Crippen molar-refractivity contribution in [2.75, 3.05) is 0 Å². The van der Waals surface area contributed by atoms with Gasteiger partial charge in [-0.15, -0.1) is 0 Å². The summed E-state index contributed by atoms with van der Waals surface area (Å²) in [4.78, 5) is 14.2. The van der Waals surface area contributed by atoms with Crippen LogP contribution in [-0.4, -0.2) is 14.3 Å². The molecule has 0 radical (unpaired) electrons. The molecule has 1 saturated carbocycles. The molecule has 3 aromatic rings. The van der Waals surface area contributed by atoms with E-state index >= 15 is 0 Å². The molecule has 5 rings (SSSR count). The van der Waals surface area contributed by atoms with Gasteiger partial charge in [-0.3, -0.25) is 4.79 Å². The summed E-state index contributed by atoms with van der Waals surface area (Å²) in [6.07, 6.45) is 7.50. The third kappa shape index (κ3) is 4.67. The topological polar surface area (TPSA) is 26.3 Å². The van der Waals surface area contributed by atoms with Gasteiger partial charge < -0.3 is 4.43 Å². The predicted molar refractivity (Wildman–Crippen MR) is 140 cm³/mol. The maximum absolute atomic E-state index is 14.2. The molecule has 0 N–H and O–H groups in total. The molecule has 3 atom stereocenters. The lowest BCUT2D eigenvalue weighted by molar-refractivity contribution is -0.149.